The summed E-state index contributed by atoms with van der Waals surface area (Å²) in [7, 11) is 0. The lowest BCUT2D eigenvalue weighted by Gasteiger charge is -2.36. The highest BCUT2D eigenvalue weighted by molar-refractivity contribution is 5.96. The van der Waals surface area contributed by atoms with Crippen LogP contribution in [-0.4, -0.2) is 50.0 Å². The van der Waals surface area contributed by atoms with Gasteiger partial charge in [0.25, 0.3) is 0 Å². The molecule has 0 saturated carbocycles. The van der Waals surface area contributed by atoms with Gasteiger partial charge in [-0.05, 0) is 37.6 Å². The number of rotatable bonds is 7. The quantitative estimate of drug-likeness (QED) is 0.502. The SMILES string of the molecule is CC(=O)c1ccccc1OCCCN1CCN(c2ccccc2)CC1.Cl.Cl. The molecule has 1 aliphatic rings. The van der Waals surface area contributed by atoms with Crippen LogP contribution in [-0.2, 0) is 0 Å². The maximum Gasteiger partial charge on any atom is 0.163 e. The van der Waals surface area contributed by atoms with Crippen LogP contribution >= 0.6 is 24.8 Å². The van der Waals surface area contributed by atoms with Gasteiger partial charge in [-0.1, -0.05) is 30.3 Å². The van der Waals surface area contributed by atoms with Crippen LogP contribution in [0.15, 0.2) is 54.6 Å². The summed E-state index contributed by atoms with van der Waals surface area (Å²) in [5.41, 5.74) is 1.98. The molecule has 0 aliphatic carbocycles. The van der Waals surface area contributed by atoms with Crippen molar-refractivity contribution in [1.29, 1.82) is 0 Å². The summed E-state index contributed by atoms with van der Waals surface area (Å²) in [4.78, 5) is 16.5. The molecular weight excluding hydrogens is 383 g/mol. The fraction of sp³-hybridized carbons (Fsp3) is 0.381. The summed E-state index contributed by atoms with van der Waals surface area (Å²) in [6.07, 6.45) is 0.970. The van der Waals surface area contributed by atoms with E-state index in [4.69, 9.17) is 4.74 Å². The van der Waals surface area contributed by atoms with Crippen LogP contribution in [0.25, 0.3) is 0 Å². The molecule has 0 atom stereocenters. The minimum Gasteiger partial charge on any atom is -0.493 e. The predicted octanol–water partition coefficient (Wildman–Crippen LogP) is 4.32. The molecule has 0 N–H and O–H groups in total. The Labute approximate surface area is 174 Å². The smallest absolute Gasteiger partial charge is 0.163 e. The monoisotopic (exact) mass is 410 g/mol. The molecule has 0 unspecified atom stereocenters. The zero-order chi connectivity index (χ0) is 17.5. The number of benzene rings is 2. The molecule has 0 radical (unpaired) electrons. The standard InChI is InChI=1S/C21H26N2O2.2ClH/c1-18(24)20-10-5-6-11-21(20)25-17-7-12-22-13-15-23(16-14-22)19-8-3-2-4-9-19;;/h2-6,8-11H,7,12-17H2,1H3;2*1H. The fourth-order valence-corrected chi connectivity index (χ4v) is 3.22. The number of piperazine rings is 1. The highest BCUT2D eigenvalue weighted by Gasteiger charge is 2.16. The van der Waals surface area contributed by atoms with Gasteiger partial charge in [0.1, 0.15) is 5.75 Å². The van der Waals surface area contributed by atoms with Crippen molar-refractivity contribution in [1.82, 2.24) is 4.90 Å². The molecular formula is C21H28Cl2N2O2. The molecule has 1 heterocycles. The van der Waals surface area contributed by atoms with Crippen molar-refractivity contribution in [3.63, 3.8) is 0 Å². The average molecular weight is 411 g/mol. The van der Waals surface area contributed by atoms with E-state index in [9.17, 15) is 4.79 Å². The molecule has 0 spiro atoms. The van der Waals surface area contributed by atoms with Crippen molar-refractivity contribution in [3.05, 3.63) is 60.2 Å². The maximum absolute atomic E-state index is 11.6. The number of ether oxygens (including phenoxy) is 1. The number of carbonyl (C=O) groups is 1. The van der Waals surface area contributed by atoms with Crippen LogP contribution in [0.5, 0.6) is 5.75 Å². The minimum absolute atomic E-state index is 0. The third kappa shape index (κ3) is 6.73. The largest absolute Gasteiger partial charge is 0.493 e. The van der Waals surface area contributed by atoms with Gasteiger partial charge in [-0.2, -0.15) is 0 Å². The van der Waals surface area contributed by atoms with E-state index in [1.54, 1.807) is 6.92 Å². The summed E-state index contributed by atoms with van der Waals surface area (Å²) in [5, 5.41) is 0. The molecule has 1 aliphatic heterocycles. The Kier molecular flexibility index (Phi) is 10.2. The first-order chi connectivity index (χ1) is 12.2. The molecule has 1 fully saturated rings. The number of nitrogens with zero attached hydrogens (tertiary/aromatic N) is 2. The summed E-state index contributed by atoms with van der Waals surface area (Å²) in [5.74, 6) is 0.747. The summed E-state index contributed by atoms with van der Waals surface area (Å²) >= 11 is 0. The van der Waals surface area contributed by atoms with Gasteiger partial charge >= 0.3 is 0 Å². The molecule has 27 heavy (non-hydrogen) atoms. The Balaban J connectivity index is 0.00000182. The van der Waals surface area contributed by atoms with Crippen LogP contribution in [0, 0.1) is 0 Å². The summed E-state index contributed by atoms with van der Waals surface area (Å²) in [6.45, 7) is 7.55. The van der Waals surface area contributed by atoms with Gasteiger partial charge in [-0.3, -0.25) is 9.69 Å². The van der Waals surface area contributed by atoms with E-state index in [2.05, 4.69) is 40.1 Å². The Hall–Kier alpha value is -1.75. The van der Waals surface area contributed by atoms with Gasteiger partial charge in [0.15, 0.2) is 5.78 Å². The zero-order valence-corrected chi connectivity index (χ0v) is 17.3. The van der Waals surface area contributed by atoms with Crippen molar-refractivity contribution in [2.45, 2.75) is 13.3 Å². The molecule has 6 heteroatoms. The van der Waals surface area contributed by atoms with Crippen LogP contribution in [0.2, 0.25) is 0 Å². The van der Waals surface area contributed by atoms with Crippen molar-refractivity contribution < 1.29 is 9.53 Å². The Morgan fingerprint density at radius 3 is 2.22 bits per heavy atom. The molecule has 0 bridgehead atoms. The van der Waals surface area contributed by atoms with Gasteiger partial charge in [0.05, 0.1) is 12.2 Å². The number of carbonyl (C=O) groups excluding carboxylic acids is 1. The Bertz CT molecular complexity index is 690. The van der Waals surface area contributed by atoms with Gasteiger partial charge in [-0.15, -0.1) is 24.8 Å². The van der Waals surface area contributed by atoms with Crippen LogP contribution in [0.1, 0.15) is 23.7 Å². The third-order valence-electron chi connectivity index (χ3n) is 4.64. The van der Waals surface area contributed by atoms with E-state index < -0.39 is 0 Å². The van der Waals surface area contributed by atoms with Crippen LogP contribution in [0.3, 0.4) is 0 Å². The van der Waals surface area contributed by atoms with E-state index >= 15 is 0 Å². The molecule has 3 rings (SSSR count). The van der Waals surface area contributed by atoms with Crippen molar-refractivity contribution in [2.75, 3.05) is 44.2 Å². The van der Waals surface area contributed by atoms with Crippen molar-refractivity contribution in [2.24, 2.45) is 0 Å². The number of anilines is 1. The summed E-state index contributed by atoms with van der Waals surface area (Å²) in [6, 6.07) is 18.1. The minimum atomic E-state index is 0. The maximum atomic E-state index is 11.6. The van der Waals surface area contributed by atoms with Crippen molar-refractivity contribution >= 4 is 36.3 Å². The lowest BCUT2D eigenvalue weighted by Crippen LogP contribution is -2.46. The zero-order valence-electron chi connectivity index (χ0n) is 15.7. The van der Waals surface area contributed by atoms with Crippen LogP contribution in [0.4, 0.5) is 5.69 Å². The third-order valence-corrected chi connectivity index (χ3v) is 4.64. The van der Waals surface area contributed by atoms with Gasteiger partial charge in [0.2, 0.25) is 0 Å². The topological polar surface area (TPSA) is 32.8 Å². The normalized spacial score (nSPS) is 14.0. The summed E-state index contributed by atoms with van der Waals surface area (Å²) < 4.78 is 5.82. The average Bonchev–Trinajstić information content (AvgIpc) is 2.66. The Morgan fingerprint density at radius 1 is 0.926 bits per heavy atom. The first-order valence-corrected chi connectivity index (χ1v) is 8.99. The van der Waals surface area contributed by atoms with E-state index in [1.807, 2.05) is 24.3 Å². The van der Waals surface area contributed by atoms with E-state index in [-0.39, 0.29) is 30.6 Å². The second-order valence-corrected chi connectivity index (χ2v) is 6.42. The lowest BCUT2D eigenvalue weighted by molar-refractivity contribution is 0.101. The number of Topliss-reactive ketones (excluding diaryl/α,β-unsaturated/α-hetero) is 1. The molecule has 1 saturated heterocycles. The highest BCUT2D eigenvalue weighted by Crippen LogP contribution is 2.19. The van der Waals surface area contributed by atoms with Crippen molar-refractivity contribution in [3.8, 4) is 5.75 Å². The Morgan fingerprint density at radius 2 is 1.56 bits per heavy atom. The molecule has 2 aromatic rings. The number of halogens is 2. The number of hydrogen-bond acceptors (Lipinski definition) is 4. The van der Waals surface area contributed by atoms with E-state index in [1.165, 1.54) is 5.69 Å². The number of ketones is 1. The lowest BCUT2D eigenvalue weighted by atomic mass is 10.1. The second-order valence-electron chi connectivity index (χ2n) is 6.42. The molecule has 4 nitrogen and oxygen atoms in total. The van der Waals surface area contributed by atoms with Gasteiger partial charge < -0.3 is 9.64 Å². The van der Waals surface area contributed by atoms with E-state index in [0.29, 0.717) is 17.9 Å². The van der Waals surface area contributed by atoms with Gasteiger partial charge in [0, 0.05) is 38.4 Å². The fourth-order valence-electron chi connectivity index (χ4n) is 3.22. The molecule has 0 amide bonds. The van der Waals surface area contributed by atoms with Crippen LogP contribution < -0.4 is 9.64 Å². The predicted molar refractivity (Wildman–Crippen MR) is 116 cm³/mol. The van der Waals surface area contributed by atoms with Gasteiger partial charge in [-0.25, -0.2) is 0 Å². The second kappa shape index (κ2) is 11.9. The first-order valence-electron chi connectivity index (χ1n) is 8.99. The first kappa shape index (κ1) is 23.3. The molecule has 148 valence electrons. The number of para-hydroxylation sites is 2. The number of hydrogen-bond donors (Lipinski definition) is 0. The molecule has 0 aromatic heterocycles. The van der Waals surface area contributed by atoms with E-state index in [0.717, 1.165) is 39.1 Å². The highest BCUT2D eigenvalue weighted by atomic mass is 35.5. The molecule has 2 aromatic carbocycles.